The zero-order valence-corrected chi connectivity index (χ0v) is 14.5. The van der Waals surface area contributed by atoms with E-state index >= 15 is 0 Å². The third kappa shape index (κ3) is 5.54. The minimum absolute atomic E-state index is 0.184. The summed E-state index contributed by atoms with van der Waals surface area (Å²) in [5.41, 5.74) is 0.707. The summed E-state index contributed by atoms with van der Waals surface area (Å²) in [6.45, 7) is 3.69. The molecule has 0 bridgehead atoms. The highest BCUT2D eigenvalue weighted by Gasteiger charge is 2.11. The van der Waals surface area contributed by atoms with Crippen molar-refractivity contribution in [2.75, 3.05) is 33.9 Å². The van der Waals surface area contributed by atoms with Gasteiger partial charge in [0, 0.05) is 12.0 Å². The van der Waals surface area contributed by atoms with Crippen molar-refractivity contribution < 1.29 is 14.3 Å². The van der Waals surface area contributed by atoms with Gasteiger partial charge in [0.05, 0.1) is 14.2 Å². The maximum absolute atomic E-state index is 12.3. The van der Waals surface area contributed by atoms with E-state index in [1.807, 2.05) is 6.07 Å². The lowest BCUT2D eigenvalue weighted by Gasteiger charge is -2.26. The van der Waals surface area contributed by atoms with Crippen molar-refractivity contribution in [2.45, 2.75) is 44.9 Å². The zero-order chi connectivity index (χ0) is 16.5. The highest BCUT2D eigenvalue weighted by molar-refractivity contribution is 5.96. The molecule has 4 heteroatoms. The number of hydrogen-bond acceptors (Lipinski definition) is 4. The Hall–Kier alpha value is -1.55. The molecule has 0 spiro atoms. The van der Waals surface area contributed by atoms with Gasteiger partial charge in [0.15, 0.2) is 17.3 Å². The van der Waals surface area contributed by atoms with Crippen molar-refractivity contribution in [3.63, 3.8) is 0 Å². The van der Waals surface area contributed by atoms with Gasteiger partial charge in [-0.2, -0.15) is 0 Å². The zero-order valence-electron chi connectivity index (χ0n) is 14.5. The number of ketones is 1. The van der Waals surface area contributed by atoms with E-state index in [1.54, 1.807) is 26.4 Å². The fourth-order valence-corrected chi connectivity index (χ4v) is 3.13. The number of likely N-dealkylation sites (tertiary alicyclic amines) is 1. The third-order valence-electron chi connectivity index (χ3n) is 4.53. The summed E-state index contributed by atoms with van der Waals surface area (Å²) in [5, 5.41) is 0. The number of rotatable bonds is 9. The van der Waals surface area contributed by atoms with Crippen molar-refractivity contribution in [2.24, 2.45) is 0 Å². The fourth-order valence-electron chi connectivity index (χ4n) is 3.13. The van der Waals surface area contributed by atoms with Crippen LogP contribution in [-0.2, 0) is 0 Å². The second kappa shape index (κ2) is 9.56. The number of benzene rings is 1. The summed E-state index contributed by atoms with van der Waals surface area (Å²) in [6, 6.07) is 5.38. The molecule has 1 aromatic rings. The van der Waals surface area contributed by atoms with Crippen molar-refractivity contribution >= 4 is 5.78 Å². The van der Waals surface area contributed by atoms with Gasteiger partial charge >= 0.3 is 0 Å². The van der Waals surface area contributed by atoms with E-state index in [-0.39, 0.29) is 5.78 Å². The van der Waals surface area contributed by atoms with E-state index in [4.69, 9.17) is 9.47 Å². The molecule has 1 aromatic carbocycles. The number of hydrogen-bond donors (Lipinski definition) is 0. The first-order chi connectivity index (χ1) is 11.2. The van der Waals surface area contributed by atoms with Crippen LogP contribution in [-0.4, -0.2) is 44.5 Å². The second-order valence-corrected chi connectivity index (χ2v) is 6.21. The Morgan fingerprint density at radius 2 is 1.74 bits per heavy atom. The molecule has 0 saturated carbocycles. The molecule has 1 aliphatic rings. The normalized spacial score (nSPS) is 15.4. The molecule has 0 aromatic heterocycles. The molecule has 1 heterocycles. The number of piperidine rings is 1. The van der Waals surface area contributed by atoms with Crippen LogP contribution in [0.3, 0.4) is 0 Å². The molecule has 0 amide bonds. The number of unbranched alkanes of at least 4 members (excludes halogenated alkanes) is 2. The van der Waals surface area contributed by atoms with Gasteiger partial charge in [-0.1, -0.05) is 12.8 Å². The first-order valence-corrected chi connectivity index (χ1v) is 8.72. The highest BCUT2D eigenvalue weighted by atomic mass is 16.5. The Labute approximate surface area is 139 Å². The summed E-state index contributed by atoms with van der Waals surface area (Å²) in [7, 11) is 3.19. The van der Waals surface area contributed by atoms with Gasteiger partial charge in [0.2, 0.25) is 0 Å². The molecule has 1 aliphatic heterocycles. The molecule has 4 nitrogen and oxygen atoms in total. The second-order valence-electron chi connectivity index (χ2n) is 6.21. The van der Waals surface area contributed by atoms with Gasteiger partial charge in [-0.25, -0.2) is 0 Å². The summed E-state index contributed by atoms with van der Waals surface area (Å²) in [5.74, 6) is 1.46. The number of Topliss-reactive ketones (excluding diaryl/α,β-unsaturated/α-hetero) is 1. The lowest BCUT2D eigenvalue weighted by Crippen LogP contribution is -2.30. The predicted molar refractivity (Wildman–Crippen MR) is 92.6 cm³/mol. The maximum atomic E-state index is 12.3. The minimum atomic E-state index is 0.184. The monoisotopic (exact) mass is 319 g/mol. The maximum Gasteiger partial charge on any atom is 0.163 e. The standard InChI is InChI=1S/C19H29NO3/c1-22-18-11-10-16(15-19(18)23-2)17(21)9-5-3-6-12-20-13-7-4-8-14-20/h10-11,15H,3-9,12-14H2,1-2H3. The van der Waals surface area contributed by atoms with Crippen LogP contribution in [0.4, 0.5) is 0 Å². The van der Waals surface area contributed by atoms with E-state index in [0.717, 1.165) is 12.8 Å². The lowest BCUT2D eigenvalue weighted by atomic mass is 10.0. The van der Waals surface area contributed by atoms with Gasteiger partial charge < -0.3 is 14.4 Å². The third-order valence-corrected chi connectivity index (χ3v) is 4.53. The minimum Gasteiger partial charge on any atom is -0.493 e. The molecule has 1 fully saturated rings. The Morgan fingerprint density at radius 1 is 1.00 bits per heavy atom. The quantitative estimate of drug-likeness (QED) is 0.510. The SMILES string of the molecule is COc1ccc(C(=O)CCCCCN2CCCCC2)cc1OC. The largest absolute Gasteiger partial charge is 0.493 e. The average molecular weight is 319 g/mol. The average Bonchev–Trinajstić information content (AvgIpc) is 2.61. The Balaban J connectivity index is 1.70. The number of ether oxygens (including phenoxy) is 2. The van der Waals surface area contributed by atoms with E-state index in [1.165, 1.54) is 45.3 Å². The molecule has 0 unspecified atom stereocenters. The van der Waals surface area contributed by atoms with Crippen LogP contribution in [0.15, 0.2) is 18.2 Å². The number of nitrogens with zero attached hydrogens (tertiary/aromatic N) is 1. The summed E-state index contributed by atoms with van der Waals surface area (Å²) >= 11 is 0. The Bertz CT molecular complexity index is 495. The molecule has 0 N–H and O–H groups in total. The molecule has 23 heavy (non-hydrogen) atoms. The smallest absolute Gasteiger partial charge is 0.163 e. The molecule has 1 saturated heterocycles. The molecule has 128 valence electrons. The van der Waals surface area contributed by atoms with Gasteiger partial charge in [0.1, 0.15) is 0 Å². The summed E-state index contributed by atoms with van der Waals surface area (Å²) in [4.78, 5) is 14.8. The highest BCUT2D eigenvalue weighted by Crippen LogP contribution is 2.28. The summed E-state index contributed by atoms with van der Waals surface area (Å²) < 4.78 is 10.5. The topological polar surface area (TPSA) is 38.8 Å². The molecule has 0 aliphatic carbocycles. The number of carbonyl (C=O) groups excluding carboxylic acids is 1. The lowest BCUT2D eigenvalue weighted by molar-refractivity contribution is 0.0978. The van der Waals surface area contributed by atoms with Crippen LogP contribution < -0.4 is 9.47 Å². The van der Waals surface area contributed by atoms with Crippen molar-refractivity contribution in [1.29, 1.82) is 0 Å². The molecule has 2 rings (SSSR count). The molecule has 0 atom stereocenters. The van der Waals surface area contributed by atoms with Crippen LogP contribution in [0.2, 0.25) is 0 Å². The van der Waals surface area contributed by atoms with Crippen LogP contribution >= 0.6 is 0 Å². The molecular formula is C19H29NO3. The Kier molecular flexibility index (Phi) is 7.40. The van der Waals surface area contributed by atoms with E-state index < -0.39 is 0 Å². The van der Waals surface area contributed by atoms with Gasteiger partial charge in [-0.3, -0.25) is 4.79 Å². The first kappa shape index (κ1) is 17.8. The van der Waals surface area contributed by atoms with Crippen LogP contribution in [0, 0.1) is 0 Å². The van der Waals surface area contributed by atoms with E-state index in [9.17, 15) is 4.79 Å². The number of methoxy groups -OCH3 is 2. The van der Waals surface area contributed by atoms with E-state index in [0.29, 0.717) is 23.5 Å². The van der Waals surface area contributed by atoms with Crippen molar-refractivity contribution in [3.05, 3.63) is 23.8 Å². The van der Waals surface area contributed by atoms with E-state index in [2.05, 4.69) is 4.90 Å². The van der Waals surface area contributed by atoms with Gasteiger partial charge in [-0.15, -0.1) is 0 Å². The van der Waals surface area contributed by atoms with Gasteiger partial charge in [0.25, 0.3) is 0 Å². The summed E-state index contributed by atoms with van der Waals surface area (Å²) in [6.07, 6.45) is 7.96. The van der Waals surface area contributed by atoms with Crippen LogP contribution in [0.5, 0.6) is 11.5 Å². The molecular weight excluding hydrogens is 290 g/mol. The fraction of sp³-hybridized carbons (Fsp3) is 0.632. The first-order valence-electron chi connectivity index (χ1n) is 8.72. The van der Waals surface area contributed by atoms with Crippen molar-refractivity contribution in [1.82, 2.24) is 4.90 Å². The molecule has 0 radical (unpaired) electrons. The van der Waals surface area contributed by atoms with Crippen LogP contribution in [0.1, 0.15) is 55.3 Å². The predicted octanol–water partition coefficient (Wildman–Crippen LogP) is 3.93. The Morgan fingerprint density at radius 3 is 2.43 bits per heavy atom. The van der Waals surface area contributed by atoms with Gasteiger partial charge in [-0.05, 0) is 63.5 Å². The van der Waals surface area contributed by atoms with Crippen LogP contribution in [0.25, 0.3) is 0 Å². The van der Waals surface area contributed by atoms with Crippen molar-refractivity contribution in [3.8, 4) is 11.5 Å². The number of carbonyl (C=O) groups is 1.